The average molecular weight is 246 g/mol. The van der Waals surface area contributed by atoms with Gasteiger partial charge < -0.3 is 11.5 Å². The minimum Gasteiger partial charge on any atom is -0.369 e. The smallest absolute Gasteiger partial charge is 0.211 e. The van der Waals surface area contributed by atoms with Gasteiger partial charge in [0.2, 0.25) is 5.96 Å². The molecule has 1 aromatic rings. The summed E-state index contributed by atoms with van der Waals surface area (Å²) < 4.78 is 2.13. The maximum Gasteiger partial charge on any atom is 0.211 e. The zero-order valence-electron chi connectivity index (χ0n) is 6.85. The fourth-order valence-electron chi connectivity index (χ4n) is 0.626. The zero-order valence-corrected chi connectivity index (χ0v) is 8.43. The van der Waals surface area contributed by atoms with Crippen LogP contribution in [0.1, 0.15) is 5.69 Å². The van der Waals surface area contributed by atoms with Gasteiger partial charge in [0.15, 0.2) is 4.60 Å². The van der Waals surface area contributed by atoms with Crippen molar-refractivity contribution >= 4 is 28.1 Å². The summed E-state index contributed by atoms with van der Waals surface area (Å²) >= 11 is 3.19. The van der Waals surface area contributed by atoms with Crippen LogP contribution in [-0.4, -0.2) is 27.2 Å². The zero-order chi connectivity index (χ0) is 9.84. The molecule has 13 heavy (non-hydrogen) atoms. The summed E-state index contributed by atoms with van der Waals surface area (Å²) in [5.41, 5.74) is 10.8. The second kappa shape index (κ2) is 3.99. The van der Waals surface area contributed by atoms with Gasteiger partial charge in [-0.2, -0.15) is 5.10 Å². The molecule has 1 rings (SSSR count). The van der Waals surface area contributed by atoms with E-state index < -0.39 is 0 Å². The van der Waals surface area contributed by atoms with Crippen molar-refractivity contribution in [2.75, 3.05) is 0 Å². The molecule has 0 aliphatic carbocycles. The van der Waals surface area contributed by atoms with E-state index in [1.807, 2.05) is 0 Å². The Labute approximate surface area is 82.6 Å². The quantitative estimate of drug-likeness (QED) is 0.404. The van der Waals surface area contributed by atoms with Crippen molar-refractivity contribution in [3.63, 3.8) is 0 Å². The van der Waals surface area contributed by atoms with Crippen molar-refractivity contribution in [1.82, 2.24) is 15.0 Å². The molecule has 0 aliphatic heterocycles. The Kier molecular flexibility index (Phi) is 2.96. The van der Waals surface area contributed by atoms with E-state index in [1.165, 1.54) is 10.9 Å². The maximum atomic E-state index is 5.07. The van der Waals surface area contributed by atoms with Gasteiger partial charge in [-0.3, -0.25) is 0 Å². The van der Waals surface area contributed by atoms with Crippen molar-refractivity contribution in [1.29, 1.82) is 0 Å². The normalized spacial score (nSPS) is 10.6. The van der Waals surface area contributed by atoms with Crippen LogP contribution in [0.5, 0.6) is 0 Å². The van der Waals surface area contributed by atoms with Crippen LogP contribution in [0.4, 0.5) is 0 Å². The molecule has 4 N–H and O–H groups in total. The molecule has 0 unspecified atom stereocenters. The fourth-order valence-corrected chi connectivity index (χ4v) is 1.06. The van der Waals surface area contributed by atoms with Crippen LogP contribution in [0.3, 0.4) is 0 Å². The molecule has 0 saturated heterocycles. The summed E-state index contributed by atoms with van der Waals surface area (Å²) in [6.07, 6.45) is 1.45. The largest absolute Gasteiger partial charge is 0.369 e. The first-order valence-electron chi connectivity index (χ1n) is 3.28. The van der Waals surface area contributed by atoms with Gasteiger partial charge in [0.25, 0.3) is 0 Å². The lowest BCUT2D eigenvalue weighted by molar-refractivity contribution is 0.710. The highest BCUT2D eigenvalue weighted by Gasteiger charge is 2.03. The average Bonchev–Trinajstić information content (AvgIpc) is 2.34. The van der Waals surface area contributed by atoms with Crippen LogP contribution in [0.15, 0.2) is 14.8 Å². The third-order valence-electron chi connectivity index (χ3n) is 1.18. The molecular weight excluding hydrogens is 238 g/mol. The van der Waals surface area contributed by atoms with Crippen molar-refractivity contribution in [2.45, 2.75) is 0 Å². The third-order valence-corrected chi connectivity index (χ3v) is 1.74. The first kappa shape index (κ1) is 9.65. The van der Waals surface area contributed by atoms with E-state index in [2.05, 4.69) is 36.4 Å². The van der Waals surface area contributed by atoms with E-state index in [1.54, 1.807) is 7.05 Å². The standard InChI is InChI=1S/C5H8BrN7/c1-13-3(4(6)10-12-13)2-9-11-5(7)8/h2H,1H3,(H4,7,8,11)/b9-2+. The summed E-state index contributed by atoms with van der Waals surface area (Å²) in [5.74, 6) is -0.0949. The lowest BCUT2D eigenvalue weighted by Crippen LogP contribution is -2.21. The Morgan fingerprint density at radius 3 is 2.77 bits per heavy atom. The number of aromatic nitrogens is 3. The van der Waals surface area contributed by atoms with Crippen LogP contribution in [0.2, 0.25) is 0 Å². The lowest BCUT2D eigenvalue weighted by Gasteiger charge is -1.90. The van der Waals surface area contributed by atoms with Gasteiger partial charge in [0.05, 0.1) is 6.21 Å². The molecule has 0 fully saturated rings. The summed E-state index contributed by atoms with van der Waals surface area (Å²) in [5, 5.41) is 14.5. The van der Waals surface area contributed by atoms with E-state index in [9.17, 15) is 0 Å². The van der Waals surface area contributed by atoms with Crippen LogP contribution in [-0.2, 0) is 7.05 Å². The van der Waals surface area contributed by atoms with Crippen molar-refractivity contribution < 1.29 is 0 Å². The third kappa shape index (κ3) is 2.51. The van der Waals surface area contributed by atoms with E-state index in [-0.39, 0.29) is 5.96 Å². The van der Waals surface area contributed by atoms with Gasteiger partial charge >= 0.3 is 0 Å². The van der Waals surface area contributed by atoms with Crippen molar-refractivity contribution in [3.8, 4) is 0 Å². The van der Waals surface area contributed by atoms with Crippen molar-refractivity contribution in [3.05, 3.63) is 10.3 Å². The summed E-state index contributed by atoms with van der Waals surface area (Å²) in [6, 6.07) is 0. The molecule has 1 heterocycles. The number of halogens is 1. The van der Waals surface area contributed by atoms with Crippen LogP contribution in [0.25, 0.3) is 0 Å². The minimum atomic E-state index is -0.0949. The highest BCUT2D eigenvalue weighted by atomic mass is 79.9. The molecule has 0 bridgehead atoms. The highest BCUT2D eigenvalue weighted by Crippen LogP contribution is 2.08. The Hall–Kier alpha value is -1.44. The van der Waals surface area contributed by atoms with Gasteiger partial charge in [-0.25, -0.2) is 4.68 Å². The number of hydrogen-bond donors (Lipinski definition) is 2. The number of nitrogens with two attached hydrogens (primary N) is 2. The first-order chi connectivity index (χ1) is 6.11. The number of nitrogens with zero attached hydrogens (tertiary/aromatic N) is 5. The van der Waals surface area contributed by atoms with E-state index in [0.29, 0.717) is 10.3 Å². The Morgan fingerprint density at radius 2 is 2.31 bits per heavy atom. The van der Waals surface area contributed by atoms with Crippen LogP contribution >= 0.6 is 15.9 Å². The molecule has 0 saturated carbocycles. The van der Waals surface area contributed by atoms with Crippen LogP contribution in [0, 0.1) is 0 Å². The fraction of sp³-hybridized carbons (Fsp3) is 0.200. The summed E-state index contributed by atoms with van der Waals surface area (Å²) in [4.78, 5) is 0. The molecule has 0 aliphatic rings. The molecule has 0 radical (unpaired) electrons. The van der Waals surface area contributed by atoms with Gasteiger partial charge in [-0.1, -0.05) is 5.21 Å². The van der Waals surface area contributed by atoms with Gasteiger partial charge in [0, 0.05) is 7.05 Å². The number of hydrogen-bond acceptors (Lipinski definition) is 4. The van der Waals surface area contributed by atoms with Gasteiger partial charge in [-0.15, -0.1) is 10.2 Å². The molecule has 0 spiro atoms. The predicted octanol–water partition coefficient (Wildman–Crippen LogP) is -0.815. The molecule has 0 amide bonds. The molecule has 0 aromatic carbocycles. The van der Waals surface area contributed by atoms with Gasteiger partial charge in [-0.05, 0) is 15.9 Å². The number of rotatable bonds is 2. The number of guanidine groups is 1. The molecule has 70 valence electrons. The second-order valence-electron chi connectivity index (χ2n) is 2.16. The predicted molar refractivity (Wildman–Crippen MR) is 52.1 cm³/mol. The monoisotopic (exact) mass is 245 g/mol. The first-order valence-corrected chi connectivity index (χ1v) is 4.07. The second-order valence-corrected chi connectivity index (χ2v) is 2.91. The number of aryl methyl sites for hydroxylation is 1. The van der Waals surface area contributed by atoms with Crippen LogP contribution < -0.4 is 11.5 Å². The Morgan fingerprint density at radius 1 is 1.62 bits per heavy atom. The molecule has 7 nitrogen and oxygen atoms in total. The van der Waals surface area contributed by atoms with Gasteiger partial charge in [0.1, 0.15) is 5.69 Å². The lowest BCUT2D eigenvalue weighted by atomic mass is 10.5. The summed E-state index contributed by atoms with van der Waals surface area (Å²) in [7, 11) is 1.73. The molecule has 8 heteroatoms. The Balaban J connectivity index is 2.85. The Bertz CT molecular complexity index is 328. The minimum absolute atomic E-state index is 0.0949. The SMILES string of the molecule is Cn1nnc(Br)c1/C=N/N=C(N)N. The van der Waals surface area contributed by atoms with E-state index in [4.69, 9.17) is 11.5 Å². The summed E-state index contributed by atoms with van der Waals surface area (Å²) in [6.45, 7) is 0. The topological polar surface area (TPSA) is 107 Å². The highest BCUT2D eigenvalue weighted by molar-refractivity contribution is 9.10. The van der Waals surface area contributed by atoms with Crippen molar-refractivity contribution in [2.24, 2.45) is 28.7 Å². The van der Waals surface area contributed by atoms with E-state index >= 15 is 0 Å². The molecule has 1 aromatic heterocycles. The van der Waals surface area contributed by atoms with E-state index in [0.717, 1.165) is 0 Å². The maximum absolute atomic E-state index is 5.07. The molecule has 0 atom stereocenters. The molecular formula is C5H8BrN7.